The van der Waals surface area contributed by atoms with E-state index in [1.807, 2.05) is 70.7 Å². The Kier molecular flexibility index (Phi) is 8.23. The summed E-state index contributed by atoms with van der Waals surface area (Å²) in [6.45, 7) is 17.0. The lowest BCUT2D eigenvalue weighted by Crippen LogP contribution is -2.37. The fourth-order valence-corrected chi connectivity index (χ4v) is 9.13. The molecule has 7 rings (SSSR count). The van der Waals surface area contributed by atoms with Crippen molar-refractivity contribution < 1.29 is 27.5 Å². The molecule has 4 atom stereocenters. The van der Waals surface area contributed by atoms with Gasteiger partial charge in [-0.15, -0.1) is 0 Å². The van der Waals surface area contributed by atoms with Crippen molar-refractivity contribution in [3.63, 3.8) is 0 Å². The molecule has 0 N–H and O–H groups in total. The number of hydrogen-bond donors (Lipinski definition) is 0. The topological polar surface area (TPSA) is 113 Å². The predicted molar refractivity (Wildman–Crippen MR) is 188 cm³/mol. The Balaban J connectivity index is 1.03. The van der Waals surface area contributed by atoms with Crippen LogP contribution in [0.4, 0.5) is 21.0 Å². The van der Waals surface area contributed by atoms with Gasteiger partial charge in [-0.1, -0.05) is 18.2 Å². The number of amides is 2. The Bertz CT molecular complexity index is 1860. The number of sulfone groups is 1. The predicted octanol–water partition coefficient (Wildman–Crippen LogP) is 5.67. The first-order valence-electron chi connectivity index (χ1n) is 17.2. The molecule has 2 amide bonds. The van der Waals surface area contributed by atoms with Crippen molar-refractivity contribution >= 4 is 44.3 Å². The van der Waals surface area contributed by atoms with Crippen molar-refractivity contribution in [1.29, 1.82) is 0 Å². The highest BCUT2D eigenvalue weighted by atomic mass is 32.2. The quantitative estimate of drug-likeness (QED) is 0.342. The molecule has 0 spiro atoms. The third kappa shape index (κ3) is 6.76. The SMILES string of the molecule is CC(C)(C)OC(=O)N1CC2CN(c3cccc(S(=O)(=O)c4cnc5c(N6CC7CN(C(=O)OC(C)(C)C)CC7C6)cccc5c4)c3)CC2C1. The molecule has 1 aromatic heterocycles. The molecule has 4 saturated heterocycles. The third-order valence-electron chi connectivity index (χ3n) is 10.1. The van der Waals surface area contributed by atoms with E-state index in [1.165, 1.54) is 6.20 Å². The molecule has 0 saturated carbocycles. The Morgan fingerprint density at radius 1 is 0.673 bits per heavy atom. The minimum Gasteiger partial charge on any atom is -0.444 e. The van der Waals surface area contributed by atoms with Crippen LogP contribution in [-0.4, -0.2) is 98.9 Å². The van der Waals surface area contributed by atoms with Crippen LogP contribution in [0.15, 0.2) is 64.5 Å². The van der Waals surface area contributed by atoms with Gasteiger partial charge in [-0.25, -0.2) is 18.0 Å². The molecule has 2 aromatic carbocycles. The minimum atomic E-state index is -3.83. The maximum absolute atomic E-state index is 13.9. The zero-order valence-electron chi connectivity index (χ0n) is 29.3. The Morgan fingerprint density at radius 3 is 1.71 bits per heavy atom. The van der Waals surface area contributed by atoms with Crippen molar-refractivity contribution in [1.82, 2.24) is 14.8 Å². The summed E-state index contributed by atoms with van der Waals surface area (Å²) in [5.74, 6) is 1.30. The number of carbonyl (C=O) groups is 2. The number of aromatic nitrogens is 1. The van der Waals surface area contributed by atoms with Crippen LogP contribution in [0.1, 0.15) is 41.5 Å². The average molecular weight is 690 g/mol. The molecule has 0 aliphatic carbocycles. The normalized spacial score (nSPS) is 24.0. The van der Waals surface area contributed by atoms with Gasteiger partial charge < -0.3 is 29.1 Å². The number of para-hydroxylation sites is 1. The maximum atomic E-state index is 13.9. The van der Waals surface area contributed by atoms with Gasteiger partial charge in [-0.05, 0) is 71.9 Å². The number of ether oxygens (including phenoxy) is 2. The van der Waals surface area contributed by atoms with Gasteiger partial charge in [0.25, 0.3) is 0 Å². The number of likely N-dealkylation sites (tertiary alicyclic amines) is 2. The summed E-state index contributed by atoms with van der Waals surface area (Å²) in [7, 11) is -3.83. The van der Waals surface area contributed by atoms with E-state index >= 15 is 0 Å². The van der Waals surface area contributed by atoms with Crippen LogP contribution in [0.25, 0.3) is 10.9 Å². The highest BCUT2D eigenvalue weighted by molar-refractivity contribution is 7.91. The van der Waals surface area contributed by atoms with Crippen molar-refractivity contribution in [3.05, 3.63) is 54.7 Å². The van der Waals surface area contributed by atoms with Gasteiger partial charge in [0.2, 0.25) is 9.84 Å². The number of carbonyl (C=O) groups excluding carboxylic acids is 2. The van der Waals surface area contributed by atoms with E-state index < -0.39 is 21.0 Å². The van der Waals surface area contributed by atoms with Crippen LogP contribution in [0.2, 0.25) is 0 Å². The van der Waals surface area contributed by atoms with Crippen LogP contribution >= 0.6 is 0 Å². The first-order valence-corrected chi connectivity index (χ1v) is 18.7. The standard InChI is InChI=1S/C37H47N5O6S/c1-36(2,3)47-34(43)41-20-25-16-39(17-26(25)21-41)29-10-8-11-30(14-29)49(45,46)31-13-24-9-7-12-32(33(24)38-15-31)40-18-27-22-42(23-28(27)19-40)35(44)48-37(4,5)6/h7-15,25-28H,16-23H2,1-6H3. The second-order valence-electron chi connectivity index (χ2n) is 16.1. The van der Waals surface area contributed by atoms with Crippen LogP contribution in [0.3, 0.4) is 0 Å². The van der Waals surface area contributed by atoms with E-state index in [0.717, 1.165) is 48.5 Å². The molecule has 262 valence electrons. The minimum absolute atomic E-state index is 0.159. The third-order valence-corrected chi connectivity index (χ3v) is 11.8. The van der Waals surface area contributed by atoms with E-state index in [9.17, 15) is 18.0 Å². The monoisotopic (exact) mass is 689 g/mol. The molecular weight excluding hydrogens is 643 g/mol. The zero-order valence-corrected chi connectivity index (χ0v) is 30.1. The highest BCUT2D eigenvalue weighted by Gasteiger charge is 2.44. The fourth-order valence-electron chi connectivity index (χ4n) is 7.85. The molecule has 5 heterocycles. The van der Waals surface area contributed by atoms with Crippen LogP contribution in [0.5, 0.6) is 0 Å². The summed E-state index contributed by atoms with van der Waals surface area (Å²) in [6.07, 6.45) is 0.946. The maximum Gasteiger partial charge on any atom is 0.410 e. The number of anilines is 2. The summed E-state index contributed by atoms with van der Waals surface area (Å²) in [5, 5.41) is 0.768. The molecule has 4 unspecified atom stereocenters. The molecule has 3 aromatic rings. The summed E-state index contributed by atoms with van der Waals surface area (Å²) in [6, 6.07) is 14.8. The van der Waals surface area contributed by atoms with Crippen molar-refractivity contribution in [2.24, 2.45) is 23.7 Å². The van der Waals surface area contributed by atoms with Crippen LogP contribution in [0, 0.1) is 23.7 Å². The van der Waals surface area contributed by atoms with E-state index in [1.54, 1.807) is 29.2 Å². The molecule has 4 aliphatic heterocycles. The summed E-state index contributed by atoms with van der Waals surface area (Å²) < 4.78 is 39.1. The molecular formula is C37H47N5O6S. The summed E-state index contributed by atoms with van der Waals surface area (Å²) in [4.78, 5) is 38.5. The van der Waals surface area contributed by atoms with Gasteiger partial charge in [-0.2, -0.15) is 0 Å². The van der Waals surface area contributed by atoms with Crippen LogP contribution in [-0.2, 0) is 19.3 Å². The number of nitrogens with zero attached hydrogens (tertiary/aromatic N) is 5. The van der Waals surface area contributed by atoms with E-state index in [2.05, 4.69) is 9.80 Å². The Labute approximate surface area is 289 Å². The fraction of sp³-hybridized carbons (Fsp3) is 0.541. The first-order chi connectivity index (χ1) is 23.0. The Morgan fingerprint density at radius 2 is 1.18 bits per heavy atom. The lowest BCUT2D eigenvalue weighted by atomic mass is 10.0. The summed E-state index contributed by atoms with van der Waals surface area (Å²) >= 11 is 0. The molecule has 11 nitrogen and oxygen atoms in total. The van der Waals surface area contributed by atoms with E-state index in [0.29, 0.717) is 49.9 Å². The lowest BCUT2D eigenvalue weighted by molar-refractivity contribution is 0.0272. The lowest BCUT2D eigenvalue weighted by Gasteiger charge is -2.27. The average Bonchev–Trinajstić information content (AvgIpc) is 3.79. The number of rotatable bonds is 4. The number of benzene rings is 2. The van der Waals surface area contributed by atoms with E-state index in [-0.39, 0.29) is 22.0 Å². The van der Waals surface area contributed by atoms with Crippen molar-refractivity contribution in [3.8, 4) is 0 Å². The largest absolute Gasteiger partial charge is 0.444 e. The smallest absolute Gasteiger partial charge is 0.410 e. The summed E-state index contributed by atoms with van der Waals surface area (Å²) in [5.41, 5.74) is 1.55. The van der Waals surface area contributed by atoms with Crippen molar-refractivity contribution in [2.45, 2.75) is 62.5 Å². The second kappa shape index (κ2) is 12.1. The number of fused-ring (bicyclic) bond motifs is 3. The van der Waals surface area contributed by atoms with Gasteiger partial charge in [0, 0.05) is 93.3 Å². The molecule has 12 heteroatoms. The second-order valence-corrected chi connectivity index (χ2v) is 18.1. The van der Waals surface area contributed by atoms with E-state index in [4.69, 9.17) is 14.5 Å². The van der Waals surface area contributed by atoms with Gasteiger partial charge in [0.1, 0.15) is 11.2 Å². The number of hydrogen-bond acceptors (Lipinski definition) is 9. The zero-order chi connectivity index (χ0) is 34.9. The molecule has 49 heavy (non-hydrogen) atoms. The van der Waals surface area contributed by atoms with Gasteiger partial charge in [0.15, 0.2) is 0 Å². The number of pyridine rings is 1. The Hall–Kier alpha value is -4.06. The molecule has 0 bridgehead atoms. The van der Waals surface area contributed by atoms with Crippen molar-refractivity contribution in [2.75, 3.05) is 62.2 Å². The molecule has 4 fully saturated rings. The highest BCUT2D eigenvalue weighted by Crippen LogP contribution is 2.39. The molecule has 4 aliphatic rings. The van der Waals surface area contributed by atoms with Gasteiger partial charge in [0.05, 0.1) is 21.0 Å². The van der Waals surface area contributed by atoms with Gasteiger partial charge in [-0.3, -0.25) is 4.98 Å². The van der Waals surface area contributed by atoms with Crippen LogP contribution < -0.4 is 9.80 Å². The molecule has 0 radical (unpaired) electrons. The van der Waals surface area contributed by atoms with Gasteiger partial charge >= 0.3 is 12.2 Å². The first kappa shape index (κ1) is 33.4.